The molecule has 130 valence electrons. The standard InChI is InChI=1S/C16H25BrN2O4/c1-16(2,3)19-14(21)10-23-15-11(9-18-7-8-20)12(17)5-6-13(15)22-4/h5-6,18,20H,7-10H2,1-4H3,(H,19,21). The van der Waals surface area contributed by atoms with Gasteiger partial charge in [-0.3, -0.25) is 4.79 Å². The Bertz CT molecular complexity index is 530. The first-order chi connectivity index (χ1) is 10.8. The summed E-state index contributed by atoms with van der Waals surface area (Å²) in [4.78, 5) is 12.0. The van der Waals surface area contributed by atoms with Crippen LogP contribution in [0.15, 0.2) is 16.6 Å². The molecule has 23 heavy (non-hydrogen) atoms. The average Bonchev–Trinajstić information content (AvgIpc) is 2.45. The maximum atomic E-state index is 12.0. The number of hydrogen-bond acceptors (Lipinski definition) is 5. The predicted octanol–water partition coefficient (Wildman–Crippen LogP) is 1.83. The maximum absolute atomic E-state index is 12.0. The first-order valence-corrected chi connectivity index (χ1v) is 8.18. The SMILES string of the molecule is COc1ccc(Br)c(CNCCO)c1OCC(=O)NC(C)(C)C. The van der Waals surface area contributed by atoms with Crippen LogP contribution in [0.3, 0.4) is 0 Å². The van der Waals surface area contributed by atoms with Crippen LogP contribution in [0, 0.1) is 0 Å². The van der Waals surface area contributed by atoms with E-state index < -0.39 is 0 Å². The fourth-order valence-electron chi connectivity index (χ4n) is 1.95. The monoisotopic (exact) mass is 388 g/mol. The number of methoxy groups -OCH3 is 1. The molecule has 0 saturated heterocycles. The molecule has 0 aliphatic heterocycles. The van der Waals surface area contributed by atoms with Gasteiger partial charge in [-0.15, -0.1) is 0 Å². The lowest BCUT2D eigenvalue weighted by Gasteiger charge is -2.21. The molecule has 0 aliphatic rings. The largest absolute Gasteiger partial charge is 0.493 e. The normalized spacial score (nSPS) is 11.2. The summed E-state index contributed by atoms with van der Waals surface area (Å²) in [6.45, 7) is 6.63. The Labute approximate surface area is 145 Å². The minimum Gasteiger partial charge on any atom is -0.493 e. The van der Waals surface area contributed by atoms with Gasteiger partial charge in [0.15, 0.2) is 18.1 Å². The molecule has 0 unspecified atom stereocenters. The lowest BCUT2D eigenvalue weighted by atomic mass is 10.1. The number of carbonyl (C=O) groups is 1. The number of halogens is 1. The van der Waals surface area contributed by atoms with Crippen LogP contribution < -0.4 is 20.1 Å². The average molecular weight is 389 g/mol. The zero-order valence-electron chi connectivity index (χ0n) is 14.0. The number of ether oxygens (including phenoxy) is 2. The van der Waals surface area contributed by atoms with E-state index in [2.05, 4.69) is 26.6 Å². The second kappa shape index (κ2) is 9.10. The van der Waals surface area contributed by atoms with E-state index in [0.717, 1.165) is 10.0 Å². The number of nitrogens with one attached hydrogen (secondary N) is 2. The van der Waals surface area contributed by atoms with Gasteiger partial charge >= 0.3 is 0 Å². The second-order valence-corrected chi connectivity index (χ2v) is 6.90. The summed E-state index contributed by atoms with van der Waals surface area (Å²) in [5.74, 6) is 0.864. The van der Waals surface area contributed by atoms with Gasteiger partial charge in [0, 0.05) is 28.7 Å². The van der Waals surface area contributed by atoms with Gasteiger partial charge in [-0.25, -0.2) is 0 Å². The molecule has 0 radical (unpaired) electrons. The number of rotatable bonds is 8. The predicted molar refractivity (Wildman–Crippen MR) is 92.9 cm³/mol. The molecule has 6 nitrogen and oxygen atoms in total. The maximum Gasteiger partial charge on any atom is 0.258 e. The van der Waals surface area contributed by atoms with Crippen LogP contribution in [0.5, 0.6) is 11.5 Å². The van der Waals surface area contributed by atoms with E-state index >= 15 is 0 Å². The van der Waals surface area contributed by atoms with Crippen molar-refractivity contribution in [1.29, 1.82) is 0 Å². The molecule has 0 aromatic heterocycles. The number of aliphatic hydroxyl groups excluding tert-OH is 1. The molecule has 0 spiro atoms. The fourth-order valence-corrected chi connectivity index (χ4v) is 2.40. The van der Waals surface area contributed by atoms with Gasteiger partial charge in [0.25, 0.3) is 5.91 Å². The van der Waals surface area contributed by atoms with Crippen molar-refractivity contribution in [2.45, 2.75) is 32.9 Å². The number of hydrogen-bond donors (Lipinski definition) is 3. The van der Waals surface area contributed by atoms with Gasteiger partial charge in [-0.2, -0.15) is 0 Å². The fraction of sp³-hybridized carbons (Fsp3) is 0.562. The zero-order valence-corrected chi connectivity index (χ0v) is 15.6. The highest BCUT2D eigenvalue weighted by Crippen LogP contribution is 2.36. The van der Waals surface area contributed by atoms with Crippen molar-refractivity contribution in [2.24, 2.45) is 0 Å². The highest BCUT2D eigenvalue weighted by Gasteiger charge is 2.18. The second-order valence-electron chi connectivity index (χ2n) is 6.04. The van der Waals surface area contributed by atoms with Crippen molar-refractivity contribution in [3.8, 4) is 11.5 Å². The third-order valence-corrected chi connectivity index (χ3v) is 3.58. The smallest absolute Gasteiger partial charge is 0.258 e. The quantitative estimate of drug-likeness (QED) is 0.592. The molecule has 0 saturated carbocycles. The number of carbonyl (C=O) groups excluding carboxylic acids is 1. The van der Waals surface area contributed by atoms with E-state index in [0.29, 0.717) is 24.6 Å². The van der Waals surface area contributed by atoms with E-state index in [1.807, 2.05) is 26.8 Å². The highest BCUT2D eigenvalue weighted by molar-refractivity contribution is 9.10. The Morgan fingerprint density at radius 1 is 1.35 bits per heavy atom. The number of aliphatic hydroxyl groups is 1. The van der Waals surface area contributed by atoms with Gasteiger partial charge in [-0.1, -0.05) is 15.9 Å². The minimum atomic E-state index is -0.312. The van der Waals surface area contributed by atoms with Crippen LogP contribution in [-0.4, -0.2) is 43.4 Å². The van der Waals surface area contributed by atoms with Crippen LogP contribution in [0.25, 0.3) is 0 Å². The Hall–Kier alpha value is -1.31. The Kier molecular flexibility index (Phi) is 7.81. The Morgan fingerprint density at radius 3 is 2.61 bits per heavy atom. The summed E-state index contributed by atoms with van der Waals surface area (Å²) >= 11 is 3.48. The van der Waals surface area contributed by atoms with Gasteiger partial charge in [0.2, 0.25) is 0 Å². The molecular weight excluding hydrogens is 364 g/mol. The lowest BCUT2D eigenvalue weighted by Crippen LogP contribution is -2.43. The summed E-state index contributed by atoms with van der Waals surface area (Å²) in [7, 11) is 1.55. The van der Waals surface area contributed by atoms with Crippen LogP contribution in [0.4, 0.5) is 0 Å². The number of amides is 1. The Balaban J connectivity index is 2.89. The molecule has 0 bridgehead atoms. The minimum absolute atomic E-state index is 0.0474. The van der Waals surface area contributed by atoms with Crippen LogP contribution in [0.1, 0.15) is 26.3 Å². The van der Waals surface area contributed by atoms with Crippen molar-refractivity contribution < 1.29 is 19.4 Å². The van der Waals surface area contributed by atoms with E-state index in [1.165, 1.54) is 0 Å². The van der Waals surface area contributed by atoms with Crippen molar-refractivity contribution in [2.75, 3.05) is 26.9 Å². The summed E-state index contributed by atoms with van der Waals surface area (Å²) in [5, 5.41) is 14.8. The highest BCUT2D eigenvalue weighted by atomic mass is 79.9. The number of benzene rings is 1. The van der Waals surface area contributed by atoms with Crippen LogP contribution in [-0.2, 0) is 11.3 Å². The molecule has 0 atom stereocenters. The van der Waals surface area contributed by atoms with Crippen molar-refractivity contribution in [3.05, 3.63) is 22.2 Å². The summed E-state index contributed by atoms with van der Waals surface area (Å²) in [6, 6.07) is 3.63. The summed E-state index contributed by atoms with van der Waals surface area (Å²) < 4.78 is 11.9. The topological polar surface area (TPSA) is 79.8 Å². The van der Waals surface area contributed by atoms with E-state index in [9.17, 15) is 4.79 Å². The molecule has 7 heteroatoms. The first kappa shape index (κ1) is 19.7. The first-order valence-electron chi connectivity index (χ1n) is 7.39. The third kappa shape index (κ3) is 6.76. The van der Waals surface area contributed by atoms with E-state index in [-0.39, 0.29) is 24.7 Å². The molecule has 1 amide bonds. The Morgan fingerprint density at radius 2 is 2.04 bits per heavy atom. The molecule has 1 rings (SSSR count). The molecule has 1 aromatic rings. The molecule has 0 fully saturated rings. The van der Waals surface area contributed by atoms with Gasteiger partial charge in [0.05, 0.1) is 13.7 Å². The van der Waals surface area contributed by atoms with Crippen molar-refractivity contribution >= 4 is 21.8 Å². The van der Waals surface area contributed by atoms with Gasteiger partial charge in [-0.05, 0) is 32.9 Å². The van der Waals surface area contributed by atoms with Gasteiger partial charge in [0.1, 0.15) is 0 Å². The van der Waals surface area contributed by atoms with E-state index in [4.69, 9.17) is 14.6 Å². The zero-order chi connectivity index (χ0) is 17.5. The molecule has 0 aliphatic carbocycles. The van der Waals surface area contributed by atoms with Crippen molar-refractivity contribution in [3.63, 3.8) is 0 Å². The summed E-state index contributed by atoms with van der Waals surface area (Å²) in [6.07, 6.45) is 0. The lowest BCUT2D eigenvalue weighted by molar-refractivity contribution is -0.124. The third-order valence-electron chi connectivity index (χ3n) is 2.84. The molecular formula is C16H25BrN2O4. The van der Waals surface area contributed by atoms with Crippen LogP contribution >= 0.6 is 15.9 Å². The molecule has 1 aromatic carbocycles. The summed E-state index contributed by atoms with van der Waals surface area (Å²) in [5.41, 5.74) is 0.522. The van der Waals surface area contributed by atoms with Crippen molar-refractivity contribution in [1.82, 2.24) is 10.6 Å². The van der Waals surface area contributed by atoms with E-state index in [1.54, 1.807) is 13.2 Å². The molecule has 0 heterocycles. The molecule has 3 N–H and O–H groups in total. The van der Waals surface area contributed by atoms with Gasteiger partial charge < -0.3 is 25.2 Å². The van der Waals surface area contributed by atoms with Crippen LogP contribution in [0.2, 0.25) is 0 Å².